The van der Waals surface area contributed by atoms with Crippen molar-refractivity contribution in [1.82, 2.24) is 34.4 Å². The molecule has 0 radical (unpaired) electrons. The van der Waals surface area contributed by atoms with Gasteiger partial charge >= 0.3 is 0 Å². The molecule has 4 rings (SSSR count). The molecule has 3 aromatic rings. The lowest BCUT2D eigenvalue weighted by atomic mass is 10.1. The van der Waals surface area contributed by atoms with E-state index in [9.17, 15) is 4.79 Å². The monoisotopic (exact) mass is 494 g/mol. The highest BCUT2D eigenvalue weighted by atomic mass is 32.2. The molecule has 1 aliphatic heterocycles. The maximum absolute atomic E-state index is 13.0. The van der Waals surface area contributed by atoms with Crippen LogP contribution in [0.4, 0.5) is 11.9 Å². The Bertz CT molecular complexity index is 1190. The van der Waals surface area contributed by atoms with E-state index in [0.717, 1.165) is 32.6 Å². The summed E-state index contributed by atoms with van der Waals surface area (Å²) in [5.74, 6) is 1.89. The summed E-state index contributed by atoms with van der Waals surface area (Å²) < 4.78 is 1.75. The molecule has 0 saturated carbocycles. The highest BCUT2D eigenvalue weighted by Crippen LogP contribution is 2.22. The average molecular weight is 495 g/mol. The fraction of sp³-hybridized carbons (Fsp3) is 0.478. The third kappa shape index (κ3) is 6.17. The van der Waals surface area contributed by atoms with Crippen molar-refractivity contribution in [3.63, 3.8) is 0 Å². The summed E-state index contributed by atoms with van der Waals surface area (Å²) in [6.07, 6.45) is 0.923. The van der Waals surface area contributed by atoms with Crippen LogP contribution < -0.4 is 10.6 Å². The molecule has 0 atom stereocenters. The molecule has 12 heteroatoms. The lowest BCUT2D eigenvalue weighted by molar-refractivity contribution is -0.128. The zero-order chi connectivity index (χ0) is 24.6. The molecule has 184 valence electrons. The molecule has 0 aliphatic carbocycles. The summed E-state index contributed by atoms with van der Waals surface area (Å²) in [6.45, 7) is 9.35. The molecule has 1 fully saturated rings. The van der Waals surface area contributed by atoms with E-state index in [4.69, 9.17) is 5.26 Å². The molecule has 1 saturated heterocycles. The van der Waals surface area contributed by atoms with Crippen LogP contribution in [0.25, 0.3) is 5.78 Å². The van der Waals surface area contributed by atoms with Crippen LogP contribution in [0.15, 0.2) is 29.4 Å². The number of nitrogens with one attached hydrogen (secondary N) is 2. The van der Waals surface area contributed by atoms with E-state index in [1.807, 2.05) is 43.0 Å². The van der Waals surface area contributed by atoms with Crippen LogP contribution in [0.3, 0.4) is 0 Å². The maximum Gasteiger partial charge on any atom is 0.261 e. The number of hydrogen-bond donors (Lipinski definition) is 2. The number of benzene rings is 1. The first kappa shape index (κ1) is 24.7. The molecular weight excluding hydrogens is 464 g/mol. The second kappa shape index (κ2) is 11.8. The Morgan fingerprint density at radius 1 is 1.06 bits per heavy atom. The molecule has 1 aromatic carbocycles. The summed E-state index contributed by atoms with van der Waals surface area (Å²) in [7, 11) is 0. The topological polar surface area (TPSA) is 127 Å². The molecule has 1 amide bonds. The van der Waals surface area contributed by atoms with Crippen molar-refractivity contribution in [2.45, 2.75) is 32.0 Å². The minimum Gasteiger partial charge on any atom is -0.355 e. The predicted octanol–water partition coefficient (Wildman–Crippen LogP) is 2.08. The van der Waals surface area contributed by atoms with E-state index in [0.29, 0.717) is 48.0 Å². The Kier molecular flexibility index (Phi) is 8.33. The van der Waals surface area contributed by atoms with E-state index in [2.05, 4.69) is 41.8 Å². The average Bonchev–Trinajstić information content (AvgIpc) is 3.13. The second-order valence-corrected chi connectivity index (χ2v) is 9.10. The van der Waals surface area contributed by atoms with E-state index in [-0.39, 0.29) is 11.7 Å². The number of carbonyl (C=O) groups excluding carboxylic acids is 1. The standard InChI is InChI=1S/C23H30N10OS/c1-3-25-20-27-21(26-4-2)33-22(28-20)29-30-23(33)35-16-19(34)32-11-5-10-31(12-13-32)15-18-8-6-17(14-24)7-9-18/h6-9H,3-5,10-13,15-16H2,1-2H3,(H2,25,26,27,28,29). The molecule has 0 spiro atoms. The minimum absolute atomic E-state index is 0.0853. The Morgan fingerprint density at radius 2 is 1.86 bits per heavy atom. The Hall–Kier alpha value is -3.43. The van der Waals surface area contributed by atoms with Gasteiger partial charge in [0.05, 0.1) is 17.4 Å². The number of nitrogens with zero attached hydrogens (tertiary/aromatic N) is 8. The van der Waals surface area contributed by atoms with Crippen molar-refractivity contribution < 1.29 is 4.79 Å². The van der Waals surface area contributed by atoms with E-state index < -0.39 is 0 Å². The summed E-state index contributed by atoms with van der Waals surface area (Å²) in [4.78, 5) is 26.2. The number of thioether (sulfide) groups is 1. The van der Waals surface area contributed by atoms with Crippen LogP contribution in [-0.4, -0.2) is 85.3 Å². The highest BCUT2D eigenvalue weighted by Gasteiger charge is 2.21. The van der Waals surface area contributed by atoms with Gasteiger partial charge in [0.15, 0.2) is 5.16 Å². The van der Waals surface area contributed by atoms with Gasteiger partial charge in [-0.3, -0.25) is 9.69 Å². The van der Waals surface area contributed by atoms with E-state index >= 15 is 0 Å². The zero-order valence-corrected chi connectivity index (χ0v) is 20.9. The van der Waals surface area contributed by atoms with Gasteiger partial charge < -0.3 is 15.5 Å². The molecule has 3 heterocycles. The first-order valence-corrected chi connectivity index (χ1v) is 12.8. The third-order valence-electron chi connectivity index (χ3n) is 5.67. The van der Waals surface area contributed by atoms with Gasteiger partial charge in [0.25, 0.3) is 5.78 Å². The van der Waals surface area contributed by atoms with Gasteiger partial charge in [-0.2, -0.15) is 15.2 Å². The molecule has 11 nitrogen and oxygen atoms in total. The summed E-state index contributed by atoms with van der Waals surface area (Å²) >= 11 is 1.35. The summed E-state index contributed by atoms with van der Waals surface area (Å²) in [5.41, 5.74) is 1.84. The van der Waals surface area contributed by atoms with Gasteiger partial charge in [0, 0.05) is 45.8 Å². The van der Waals surface area contributed by atoms with Crippen LogP contribution in [0.5, 0.6) is 0 Å². The molecule has 35 heavy (non-hydrogen) atoms. The van der Waals surface area contributed by atoms with Crippen LogP contribution in [-0.2, 0) is 11.3 Å². The van der Waals surface area contributed by atoms with E-state index in [1.165, 1.54) is 17.3 Å². The number of fused-ring (bicyclic) bond motifs is 1. The van der Waals surface area contributed by atoms with Gasteiger partial charge in [0.1, 0.15) is 0 Å². The number of anilines is 2. The quantitative estimate of drug-likeness (QED) is 0.427. The lowest BCUT2D eigenvalue weighted by Crippen LogP contribution is -2.36. The van der Waals surface area contributed by atoms with Gasteiger partial charge in [0.2, 0.25) is 17.8 Å². The number of rotatable bonds is 9. The fourth-order valence-electron chi connectivity index (χ4n) is 3.94. The SMILES string of the molecule is CCNc1nc(NCC)n2c(SCC(=O)N3CCCN(Cc4ccc(C#N)cc4)CC3)nnc2n1. The van der Waals surface area contributed by atoms with Gasteiger partial charge in [-0.25, -0.2) is 4.40 Å². The largest absolute Gasteiger partial charge is 0.355 e. The van der Waals surface area contributed by atoms with Crippen molar-refractivity contribution in [1.29, 1.82) is 5.26 Å². The smallest absolute Gasteiger partial charge is 0.261 e. The number of aromatic nitrogens is 5. The number of carbonyl (C=O) groups is 1. The molecule has 0 unspecified atom stereocenters. The normalized spacial score (nSPS) is 14.5. The zero-order valence-electron chi connectivity index (χ0n) is 20.1. The highest BCUT2D eigenvalue weighted by molar-refractivity contribution is 7.99. The second-order valence-electron chi connectivity index (χ2n) is 8.16. The molecule has 2 N–H and O–H groups in total. The first-order chi connectivity index (χ1) is 17.1. The summed E-state index contributed by atoms with van der Waals surface area (Å²) in [5, 5.41) is 24.3. The Morgan fingerprint density at radius 3 is 2.60 bits per heavy atom. The van der Waals surface area contributed by atoms with Crippen molar-refractivity contribution in [2.24, 2.45) is 0 Å². The van der Waals surface area contributed by atoms with Gasteiger partial charge in [-0.05, 0) is 38.0 Å². The number of nitriles is 1. The van der Waals surface area contributed by atoms with Crippen LogP contribution in [0.2, 0.25) is 0 Å². The number of hydrogen-bond acceptors (Lipinski definition) is 10. The van der Waals surface area contributed by atoms with Crippen LogP contribution in [0, 0.1) is 11.3 Å². The van der Waals surface area contributed by atoms with Crippen molar-refractivity contribution in [2.75, 3.05) is 55.7 Å². The van der Waals surface area contributed by atoms with Crippen molar-refractivity contribution >= 4 is 35.3 Å². The molecular formula is C23H30N10OS. The lowest BCUT2D eigenvalue weighted by Gasteiger charge is -2.22. The molecule has 2 aromatic heterocycles. The van der Waals surface area contributed by atoms with E-state index in [1.54, 1.807) is 4.40 Å². The first-order valence-electron chi connectivity index (χ1n) is 11.8. The Labute approximate surface area is 208 Å². The van der Waals surface area contributed by atoms with Crippen molar-refractivity contribution in [3.8, 4) is 6.07 Å². The van der Waals surface area contributed by atoms with Gasteiger partial charge in [-0.15, -0.1) is 10.2 Å². The third-order valence-corrected chi connectivity index (χ3v) is 6.58. The minimum atomic E-state index is 0.0853. The maximum atomic E-state index is 13.0. The Balaban J connectivity index is 1.35. The molecule has 0 bridgehead atoms. The predicted molar refractivity (Wildman–Crippen MR) is 135 cm³/mol. The molecule has 1 aliphatic rings. The van der Waals surface area contributed by atoms with Crippen LogP contribution in [0.1, 0.15) is 31.4 Å². The summed E-state index contributed by atoms with van der Waals surface area (Å²) in [6, 6.07) is 9.85. The van der Waals surface area contributed by atoms with Crippen LogP contribution >= 0.6 is 11.8 Å². The van der Waals surface area contributed by atoms with Gasteiger partial charge in [-0.1, -0.05) is 23.9 Å². The fourth-order valence-corrected chi connectivity index (χ4v) is 4.77. The number of amides is 1. The van der Waals surface area contributed by atoms with Crippen molar-refractivity contribution in [3.05, 3.63) is 35.4 Å².